The molecule has 3 rings (SSSR count). The van der Waals surface area contributed by atoms with E-state index in [1.807, 2.05) is 24.3 Å². The van der Waals surface area contributed by atoms with Crippen LogP contribution in [0.5, 0.6) is 0 Å². The molecule has 1 heterocycles. The number of nitrogens with one attached hydrogen (secondary N) is 1. The van der Waals surface area contributed by atoms with Crippen LogP contribution >= 0.6 is 0 Å². The van der Waals surface area contributed by atoms with E-state index in [0.717, 1.165) is 11.1 Å². The third kappa shape index (κ3) is 5.99. The lowest BCUT2D eigenvalue weighted by Crippen LogP contribution is -2.47. The number of rotatable bonds is 7. The van der Waals surface area contributed by atoms with Crippen molar-refractivity contribution in [3.05, 3.63) is 71.8 Å². The fourth-order valence-corrected chi connectivity index (χ4v) is 6.63. The molecular formula is C29H45NO3Si2. The summed E-state index contributed by atoms with van der Waals surface area (Å²) < 4.78 is 13.9. The summed E-state index contributed by atoms with van der Waals surface area (Å²) in [6, 6.07) is 20.5. The molecule has 0 saturated carbocycles. The lowest BCUT2D eigenvalue weighted by Gasteiger charge is -2.43. The Bertz CT molecular complexity index is 994. The zero-order chi connectivity index (χ0) is 26.2. The molecular weight excluding hydrogens is 466 g/mol. The zero-order valence-electron chi connectivity index (χ0n) is 23.3. The van der Waals surface area contributed by atoms with Crippen LogP contribution in [0.15, 0.2) is 60.7 Å². The van der Waals surface area contributed by atoms with Crippen molar-refractivity contribution in [3.63, 3.8) is 0 Å². The highest BCUT2D eigenvalue weighted by molar-refractivity contribution is 6.74. The lowest BCUT2D eigenvalue weighted by molar-refractivity contribution is -0.125. The molecule has 192 valence electrons. The first-order valence-electron chi connectivity index (χ1n) is 12.8. The third-order valence-electron chi connectivity index (χ3n) is 8.37. The van der Waals surface area contributed by atoms with Gasteiger partial charge in [0.2, 0.25) is 5.91 Å². The molecule has 1 aliphatic rings. The normalized spacial score (nSPS) is 22.7. The molecule has 2 aromatic carbocycles. The fourth-order valence-electron chi connectivity index (χ4n) is 4.12. The molecule has 1 amide bonds. The van der Waals surface area contributed by atoms with Crippen molar-refractivity contribution in [2.45, 2.75) is 102 Å². The van der Waals surface area contributed by atoms with Gasteiger partial charge in [0.15, 0.2) is 16.6 Å². The van der Waals surface area contributed by atoms with E-state index in [-0.39, 0.29) is 34.0 Å². The maximum absolute atomic E-state index is 13.6. The molecule has 4 nitrogen and oxygen atoms in total. The number of amides is 1. The van der Waals surface area contributed by atoms with Gasteiger partial charge in [0.1, 0.15) is 6.10 Å². The quantitative estimate of drug-likeness (QED) is 0.393. The highest BCUT2D eigenvalue weighted by Crippen LogP contribution is 2.46. The Labute approximate surface area is 215 Å². The van der Waals surface area contributed by atoms with Crippen LogP contribution in [0.25, 0.3) is 0 Å². The lowest BCUT2D eigenvalue weighted by atomic mass is 9.85. The van der Waals surface area contributed by atoms with Crippen LogP contribution in [0, 0.1) is 0 Å². The second-order valence-corrected chi connectivity index (χ2v) is 22.5. The molecule has 0 bridgehead atoms. The van der Waals surface area contributed by atoms with E-state index in [1.54, 1.807) is 0 Å². The van der Waals surface area contributed by atoms with Crippen LogP contribution in [0.3, 0.4) is 0 Å². The first-order chi connectivity index (χ1) is 16.1. The van der Waals surface area contributed by atoms with Crippen molar-refractivity contribution in [1.82, 2.24) is 5.32 Å². The Balaban J connectivity index is 2.11. The van der Waals surface area contributed by atoms with Gasteiger partial charge in [-0.15, -0.1) is 0 Å². The molecule has 35 heavy (non-hydrogen) atoms. The number of hydrogen-bond acceptors (Lipinski definition) is 3. The Morgan fingerprint density at radius 2 is 1.26 bits per heavy atom. The van der Waals surface area contributed by atoms with Crippen LogP contribution in [0.1, 0.15) is 64.7 Å². The van der Waals surface area contributed by atoms with Crippen molar-refractivity contribution in [2.24, 2.45) is 0 Å². The average Bonchev–Trinajstić information content (AvgIpc) is 3.07. The largest absolute Gasteiger partial charge is 0.408 e. The molecule has 6 heteroatoms. The van der Waals surface area contributed by atoms with Gasteiger partial charge < -0.3 is 14.2 Å². The topological polar surface area (TPSA) is 47.6 Å². The minimum Gasteiger partial charge on any atom is -0.408 e. The van der Waals surface area contributed by atoms with Gasteiger partial charge in [-0.25, -0.2) is 0 Å². The second kappa shape index (κ2) is 9.96. The predicted octanol–water partition coefficient (Wildman–Crippen LogP) is 7.42. The SMILES string of the molecule is CC(C)(C)[Si](C)(C)O[C@H]1C(=O)N[C@@H]([C@@H](O[Si](C)(C)C(C)(C)C)c2ccccc2)[C@@H]1c1ccccc1. The first kappa shape index (κ1) is 27.8. The Morgan fingerprint density at radius 3 is 1.74 bits per heavy atom. The van der Waals surface area contributed by atoms with E-state index >= 15 is 0 Å². The van der Waals surface area contributed by atoms with Crippen LogP contribution in [-0.4, -0.2) is 34.7 Å². The highest BCUT2D eigenvalue weighted by Gasteiger charge is 2.53. The van der Waals surface area contributed by atoms with Crippen LogP contribution in [0.4, 0.5) is 0 Å². The van der Waals surface area contributed by atoms with Crippen LogP contribution < -0.4 is 5.32 Å². The maximum Gasteiger partial charge on any atom is 0.248 e. The van der Waals surface area contributed by atoms with Gasteiger partial charge in [-0.3, -0.25) is 4.79 Å². The van der Waals surface area contributed by atoms with Gasteiger partial charge in [-0.2, -0.15) is 0 Å². The van der Waals surface area contributed by atoms with Gasteiger partial charge >= 0.3 is 0 Å². The van der Waals surface area contributed by atoms with Gasteiger partial charge in [0.05, 0.1) is 12.1 Å². The average molecular weight is 512 g/mol. The molecule has 0 aromatic heterocycles. The Morgan fingerprint density at radius 1 is 0.771 bits per heavy atom. The molecule has 0 radical (unpaired) electrons. The molecule has 0 spiro atoms. The van der Waals surface area contributed by atoms with Gasteiger partial charge in [0.25, 0.3) is 0 Å². The molecule has 0 unspecified atom stereocenters. The number of carbonyl (C=O) groups is 1. The summed E-state index contributed by atoms with van der Waals surface area (Å²) in [4.78, 5) is 13.6. The van der Waals surface area contributed by atoms with Crippen molar-refractivity contribution in [2.75, 3.05) is 0 Å². The Kier molecular flexibility index (Phi) is 7.93. The van der Waals surface area contributed by atoms with E-state index in [0.29, 0.717) is 0 Å². The van der Waals surface area contributed by atoms with Crippen molar-refractivity contribution < 1.29 is 13.6 Å². The summed E-state index contributed by atoms with van der Waals surface area (Å²) in [5.74, 6) is -0.179. The van der Waals surface area contributed by atoms with Crippen LogP contribution in [0.2, 0.25) is 36.3 Å². The van der Waals surface area contributed by atoms with Gasteiger partial charge in [-0.1, -0.05) is 102 Å². The first-order valence-corrected chi connectivity index (χ1v) is 18.6. The van der Waals surface area contributed by atoms with E-state index in [9.17, 15) is 4.79 Å². The molecule has 1 N–H and O–H groups in total. The third-order valence-corrected chi connectivity index (χ3v) is 17.3. The van der Waals surface area contributed by atoms with Crippen LogP contribution in [-0.2, 0) is 13.6 Å². The molecule has 1 aliphatic heterocycles. The molecule has 1 fully saturated rings. The standard InChI is InChI=1S/C29H45NO3Si2/c1-28(2,3)34(7,8)32-25(22-19-15-12-16-20-22)24-23(21-17-13-11-14-18-21)26(27(31)30-24)33-35(9,10)29(4,5)6/h11-20,23-26H,1-10H3,(H,30,31)/t23-,24+,25-,26+/m0/s1. The minimum absolute atomic E-state index is 0.00305. The predicted molar refractivity (Wildman–Crippen MR) is 151 cm³/mol. The summed E-state index contributed by atoms with van der Waals surface area (Å²) in [5.41, 5.74) is 2.20. The summed E-state index contributed by atoms with van der Waals surface area (Å²) in [6.07, 6.45) is -0.809. The fraction of sp³-hybridized carbons (Fsp3) is 0.552. The van der Waals surface area contributed by atoms with E-state index in [2.05, 4.69) is 109 Å². The summed E-state index contributed by atoms with van der Waals surface area (Å²) in [6.45, 7) is 22.4. The number of carbonyl (C=O) groups excluding carboxylic acids is 1. The monoisotopic (exact) mass is 511 g/mol. The second-order valence-electron chi connectivity index (χ2n) is 13.0. The molecule has 1 saturated heterocycles. The zero-order valence-corrected chi connectivity index (χ0v) is 25.3. The van der Waals surface area contributed by atoms with Crippen molar-refractivity contribution in [3.8, 4) is 0 Å². The smallest absolute Gasteiger partial charge is 0.248 e. The molecule has 4 atom stereocenters. The van der Waals surface area contributed by atoms with E-state index in [1.165, 1.54) is 0 Å². The Hall–Kier alpha value is -1.74. The minimum atomic E-state index is -2.20. The number of hydrogen-bond donors (Lipinski definition) is 1. The summed E-state index contributed by atoms with van der Waals surface area (Å²) >= 11 is 0. The maximum atomic E-state index is 13.6. The van der Waals surface area contributed by atoms with Crippen molar-refractivity contribution >= 4 is 22.5 Å². The molecule has 0 aliphatic carbocycles. The van der Waals surface area contributed by atoms with Gasteiger partial charge in [-0.05, 0) is 47.4 Å². The van der Waals surface area contributed by atoms with Crippen molar-refractivity contribution in [1.29, 1.82) is 0 Å². The number of benzene rings is 2. The molecule has 2 aromatic rings. The summed E-state index contributed by atoms with van der Waals surface area (Å²) in [7, 11) is -4.35. The van der Waals surface area contributed by atoms with E-state index < -0.39 is 22.7 Å². The van der Waals surface area contributed by atoms with E-state index in [4.69, 9.17) is 8.85 Å². The highest BCUT2D eigenvalue weighted by atomic mass is 28.4. The van der Waals surface area contributed by atoms with Gasteiger partial charge in [0, 0.05) is 5.92 Å². The summed E-state index contributed by atoms with van der Waals surface area (Å²) in [5, 5.41) is 3.40.